The Balaban J connectivity index is 1.39. The summed E-state index contributed by atoms with van der Waals surface area (Å²) in [5.74, 6) is 0.105. The summed E-state index contributed by atoms with van der Waals surface area (Å²) in [5.41, 5.74) is 5.30. The number of hydrogen-bond acceptors (Lipinski definition) is 5. The molecule has 0 saturated heterocycles. The third-order valence-electron chi connectivity index (χ3n) is 5.60. The first kappa shape index (κ1) is 26.9. The van der Waals surface area contributed by atoms with Crippen LogP contribution in [0.15, 0.2) is 113 Å². The van der Waals surface area contributed by atoms with Crippen molar-refractivity contribution in [3.8, 4) is 5.75 Å². The van der Waals surface area contributed by atoms with E-state index in [0.29, 0.717) is 23.1 Å². The Labute approximate surface area is 227 Å². The molecular weight excluding hydrogens is 522 g/mol. The number of amides is 1. The van der Waals surface area contributed by atoms with Gasteiger partial charge in [0, 0.05) is 5.02 Å². The average molecular weight is 548 g/mol. The van der Waals surface area contributed by atoms with Crippen molar-refractivity contribution < 1.29 is 17.9 Å². The van der Waals surface area contributed by atoms with Crippen LogP contribution in [0.2, 0.25) is 5.02 Å². The van der Waals surface area contributed by atoms with Gasteiger partial charge in [-0.05, 0) is 78.2 Å². The van der Waals surface area contributed by atoms with Crippen molar-refractivity contribution in [2.24, 2.45) is 5.10 Å². The molecule has 0 aliphatic rings. The van der Waals surface area contributed by atoms with E-state index in [4.69, 9.17) is 16.3 Å². The van der Waals surface area contributed by atoms with Crippen LogP contribution in [-0.2, 0) is 21.4 Å². The minimum Gasteiger partial charge on any atom is -0.489 e. The number of benzene rings is 4. The first-order valence-corrected chi connectivity index (χ1v) is 13.6. The smallest absolute Gasteiger partial charge is 0.264 e. The molecule has 0 saturated carbocycles. The number of halogens is 1. The second kappa shape index (κ2) is 12.4. The van der Waals surface area contributed by atoms with Gasteiger partial charge in [0.2, 0.25) is 0 Å². The molecule has 0 aliphatic carbocycles. The number of para-hydroxylation sites is 1. The second-order valence-corrected chi connectivity index (χ2v) is 10.7. The Morgan fingerprint density at radius 2 is 1.58 bits per heavy atom. The van der Waals surface area contributed by atoms with Gasteiger partial charge in [0.15, 0.2) is 0 Å². The van der Waals surface area contributed by atoms with Crippen molar-refractivity contribution >= 4 is 39.4 Å². The maximum absolute atomic E-state index is 13.4. The molecular formula is C29H26ClN3O4S. The predicted octanol–water partition coefficient (Wildman–Crippen LogP) is 5.57. The zero-order valence-corrected chi connectivity index (χ0v) is 22.2. The summed E-state index contributed by atoms with van der Waals surface area (Å²) in [5, 5.41) is 4.67. The summed E-state index contributed by atoms with van der Waals surface area (Å²) in [6.07, 6.45) is 1.48. The van der Waals surface area contributed by atoms with E-state index in [1.165, 1.54) is 18.3 Å². The SMILES string of the molecule is Cc1ccccc1N(CC(=O)NN=Cc1ccc(OCc2ccc(Cl)cc2)cc1)S(=O)(=O)c1ccccc1. The normalized spacial score (nSPS) is 11.3. The van der Waals surface area contributed by atoms with Gasteiger partial charge >= 0.3 is 0 Å². The van der Waals surface area contributed by atoms with E-state index in [0.717, 1.165) is 21.0 Å². The monoisotopic (exact) mass is 547 g/mol. The van der Waals surface area contributed by atoms with Crippen LogP contribution in [0, 0.1) is 6.92 Å². The molecule has 0 radical (unpaired) electrons. The van der Waals surface area contributed by atoms with Gasteiger partial charge in [-0.15, -0.1) is 0 Å². The Hall–Kier alpha value is -4.14. The Kier molecular flexibility index (Phi) is 8.78. The van der Waals surface area contributed by atoms with Crippen molar-refractivity contribution in [1.29, 1.82) is 0 Å². The van der Waals surface area contributed by atoms with Crippen LogP contribution < -0.4 is 14.5 Å². The van der Waals surface area contributed by atoms with Crippen molar-refractivity contribution in [1.82, 2.24) is 5.43 Å². The lowest BCUT2D eigenvalue weighted by Crippen LogP contribution is -2.40. The highest BCUT2D eigenvalue weighted by atomic mass is 35.5. The highest BCUT2D eigenvalue weighted by Gasteiger charge is 2.27. The minimum atomic E-state index is -3.98. The molecule has 38 heavy (non-hydrogen) atoms. The Morgan fingerprint density at radius 3 is 2.26 bits per heavy atom. The number of hydrogen-bond donors (Lipinski definition) is 1. The van der Waals surface area contributed by atoms with Crippen LogP contribution in [-0.4, -0.2) is 27.1 Å². The molecule has 0 aromatic heterocycles. The zero-order chi connectivity index (χ0) is 27.0. The number of aryl methyl sites for hydroxylation is 1. The molecule has 1 N–H and O–H groups in total. The highest BCUT2D eigenvalue weighted by Crippen LogP contribution is 2.26. The molecule has 0 fully saturated rings. The molecule has 0 aliphatic heterocycles. The number of rotatable bonds is 10. The first-order chi connectivity index (χ1) is 18.3. The van der Waals surface area contributed by atoms with Crippen LogP contribution >= 0.6 is 11.6 Å². The number of carbonyl (C=O) groups excluding carboxylic acids is 1. The van der Waals surface area contributed by atoms with Crippen molar-refractivity contribution in [2.45, 2.75) is 18.4 Å². The summed E-state index contributed by atoms with van der Waals surface area (Å²) < 4.78 is 33.7. The van der Waals surface area contributed by atoms with E-state index in [1.54, 1.807) is 67.6 Å². The molecule has 1 amide bonds. The van der Waals surface area contributed by atoms with Crippen molar-refractivity contribution in [3.63, 3.8) is 0 Å². The lowest BCUT2D eigenvalue weighted by atomic mass is 10.2. The molecule has 0 bridgehead atoms. The van der Waals surface area contributed by atoms with Crippen molar-refractivity contribution in [3.05, 3.63) is 125 Å². The lowest BCUT2D eigenvalue weighted by molar-refractivity contribution is -0.119. The van der Waals surface area contributed by atoms with Crippen LogP contribution in [0.5, 0.6) is 5.75 Å². The topological polar surface area (TPSA) is 88.1 Å². The predicted molar refractivity (Wildman–Crippen MR) is 150 cm³/mol. The maximum atomic E-state index is 13.4. The molecule has 194 valence electrons. The number of anilines is 1. The number of nitrogens with zero attached hydrogens (tertiary/aromatic N) is 2. The molecule has 9 heteroatoms. The van der Waals surface area contributed by atoms with Gasteiger partial charge in [0.1, 0.15) is 18.9 Å². The molecule has 0 atom stereocenters. The van der Waals surface area contributed by atoms with E-state index < -0.39 is 22.5 Å². The molecule has 4 rings (SSSR count). The average Bonchev–Trinajstić information content (AvgIpc) is 2.93. The summed E-state index contributed by atoms with van der Waals surface area (Å²) in [6.45, 7) is 1.77. The molecule has 4 aromatic rings. The highest BCUT2D eigenvalue weighted by molar-refractivity contribution is 7.92. The zero-order valence-electron chi connectivity index (χ0n) is 20.6. The number of sulfonamides is 1. The van der Waals surface area contributed by atoms with Gasteiger partial charge in [-0.1, -0.05) is 60.1 Å². The summed E-state index contributed by atoms with van der Waals surface area (Å²) in [6, 6.07) is 29.6. The minimum absolute atomic E-state index is 0.0953. The molecule has 7 nitrogen and oxygen atoms in total. The van der Waals surface area contributed by atoms with E-state index in [-0.39, 0.29) is 4.90 Å². The van der Waals surface area contributed by atoms with Gasteiger partial charge in [-0.2, -0.15) is 5.10 Å². The van der Waals surface area contributed by atoms with E-state index in [1.807, 2.05) is 30.3 Å². The maximum Gasteiger partial charge on any atom is 0.264 e. The van der Waals surface area contributed by atoms with Crippen LogP contribution in [0.3, 0.4) is 0 Å². The fourth-order valence-electron chi connectivity index (χ4n) is 3.60. The summed E-state index contributed by atoms with van der Waals surface area (Å²) in [4.78, 5) is 12.8. The number of hydrazone groups is 1. The molecule has 4 aromatic carbocycles. The quantitative estimate of drug-likeness (QED) is 0.207. The van der Waals surface area contributed by atoms with Gasteiger partial charge in [0.05, 0.1) is 16.8 Å². The van der Waals surface area contributed by atoms with Gasteiger partial charge in [-0.25, -0.2) is 13.8 Å². The Bertz CT molecular complexity index is 1510. The van der Waals surface area contributed by atoms with Crippen LogP contribution in [0.4, 0.5) is 5.69 Å². The van der Waals surface area contributed by atoms with E-state index in [9.17, 15) is 13.2 Å². The molecule has 0 heterocycles. The summed E-state index contributed by atoms with van der Waals surface area (Å²) >= 11 is 5.90. The van der Waals surface area contributed by atoms with Gasteiger partial charge in [-0.3, -0.25) is 9.10 Å². The number of ether oxygens (including phenoxy) is 1. The standard InChI is InChI=1S/C29H26ClN3O4S/c1-22-7-5-6-10-28(22)33(38(35,36)27-8-3-2-4-9-27)20-29(34)32-31-19-23-13-17-26(18-14-23)37-21-24-11-15-25(30)16-12-24/h2-19H,20-21H2,1H3,(H,32,34). The molecule has 0 spiro atoms. The lowest BCUT2D eigenvalue weighted by Gasteiger charge is -2.25. The van der Waals surface area contributed by atoms with Crippen LogP contribution in [0.1, 0.15) is 16.7 Å². The van der Waals surface area contributed by atoms with Crippen molar-refractivity contribution in [2.75, 3.05) is 10.8 Å². The first-order valence-electron chi connectivity index (χ1n) is 11.8. The van der Waals surface area contributed by atoms with E-state index >= 15 is 0 Å². The number of carbonyl (C=O) groups is 1. The third-order valence-corrected chi connectivity index (χ3v) is 7.63. The van der Waals surface area contributed by atoms with Gasteiger partial charge in [0.25, 0.3) is 15.9 Å². The van der Waals surface area contributed by atoms with Gasteiger partial charge < -0.3 is 4.74 Å². The Morgan fingerprint density at radius 1 is 0.921 bits per heavy atom. The number of nitrogens with one attached hydrogen (secondary N) is 1. The summed E-state index contributed by atoms with van der Waals surface area (Å²) in [7, 11) is -3.98. The fourth-order valence-corrected chi connectivity index (χ4v) is 5.24. The molecule has 0 unspecified atom stereocenters. The van der Waals surface area contributed by atoms with E-state index in [2.05, 4.69) is 10.5 Å². The third kappa shape index (κ3) is 7.00. The second-order valence-electron chi connectivity index (χ2n) is 8.39. The largest absolute Gasteiger partial charge is 0.489 e. The van der Waals surface area contributed by atoms with Crippen LogP contribution in [0.25, 0.3) is 0 Å². The fraction of sp³-hybridized carbons (Fsp3) is 0.103.